The number of benzene rings is 2. The van der Waals surface area contributed by atoms with Gasteiger partial charge in [-0.2, -0.15) is 0 Å². The van der Waals surface area contributed by atoms with Crippen LogP contribution in [-0.2, 0) is 4.74 Å². The predicted octanol–water partition coefficient (Wildman–Crippen LogP) is 2.43. The summed E-state index contributed by atoms with van der Waals surface area (Å²) in [6, 6.07) is 11.8. The fourth-order valence-electron chi connectivity index (χ4n) is 2.82. The first kappa shape index (κ1) is 18.7. The van der Waals surface area contributed by atoms with Crippen molar-refractivity contribution in [2.24, 2.45) is 0 Å². The van der Waals surface area contributed by atoms with E-state index in [1.165, 1.54) is 14.2 Å². The first-order chi connectivity index (χ1) is 13.1. The van der Waals surface area contributed by atoms with E-state index in [1.54, 1.807) is 47.4 Å². The minimum Gasteiger partial charge on any atom is -0.497 e. The number of methoxy groups -OCH3 is 2. The Morgan fingerprint density at radius 3 is 2.26 bits per heavy atom. The highest BCUT2D eigenvalue weighted by Crippen LogP contribution is 2.23. The number of hydrogen-bond acceptors (Lipinski definition) is 5. The number of hydrogen-bond donors (Lipinski definition) is 1. The van der Waals surface area contributed by atoms with Crippen molar-refractivity contribution in [1.29, 1.82) is 0 Å². The molecule has 0 atom stereocenters. The standard InChI is InChI=1S/C20H22N2O5/c1-25-17-11-15(12-18(13-17)26-2)19(23)21-16-5-3-4-14(10-16)20(24)22-6-8-27-9-7-22/h3-5,10-13H,6-9H2,1-2H3,(H,21,23). The smallest absolute Gasteiger partial charge is 0.255 e. The average Bonchev–Trinajstić information content (AvgIpc) is 2.73. The highest BCUT2D eigenvalue weighted by molar-refractivity contribution is 6.05. The van der Waals surface area contributed by atoms with Gasteiger partial charge in [0.1, 0.15) is 11.5 Å². The highest BCUT2D eigenvalue weighted by atomic mass is 16.5. The van der Waals surface area contributed by atoms with Crippen molar-refractivity contribution < 1.29 is 23.8 Å². The quantitative estimate of drug-likeness (QED) is 0.875. The van der Waals surface area contributed by atoms with Crippen molar-refractivity contribution in [3.8, 4) is 11.5 Å². The van der Waals surface area contributed by atoms with Gasteiger partial charge in [-0.15, -0.1) is 0 Å². The molecule has 0 saturated carbocycles. The van der Waals surface area contributed by atoms with Crippen LogP contribution in [0.25, 0.3) is 0 Å². The number of rotatable bonds is 5. The van der Waals surface area contributed by atoms with Crippen LogP contribution in [0.3, 0.4) is 0 Å². The molecular formula is C20H22N2O5. The van der Waals surface area contributed by atoms with Gasteiger partial charge < -0.3 is 24.4 Å². The third-order valence-electron chi connectivity index (χ3n) is 4.28. The lowest BCUT2D eigenvalue weighted by Gasteiger charge is -2.27. The molecule has 1 aliphatic heterocycles. The Labute approximate surface area is 157 Å². The number of nitrogens with zero attached hydrogens (tertiary/aromatic N) is 1. The number of nitrogens with one attached hydrogen (secondary N) is 1. The zero-order valence-corrected chi connectivity index (χ0v) is 15.4. The number of ether oxygens (including phenoxy) is 3. The van der Waals surface area contributed by atoms with Crippen molar-refractivity contribution in [3.63, 3.8) is 0 Å². The molecule has 2 amide bonds. The van der Waals surface area contributed by atoms with Crippen LogP contribution in [0, 0.1) is 0 Å². The van der Waals surface area contributed by atoms with Gasteiger partial charge in [0, 0.05) is 36.0 Å². The van der Waals surface area contributed by atoms with Crippen LogP contribution in [-0.4, -0.2) is 57.2 Å². The second-order valence-corrected chi connectivity index (χ2v) is 6.04. The van der Waals surface area contributed by atoms with Gasteiger partial charge in [0.2, 0.25) is 0 Å². The average molecular weight is 370 g/mol. The zero-order chi connectivity index (χ0) is 19.2. The molecule has 2 aromatic rings. The molecule has 27 heavy (non-hydrogen) atoms. The Morgan fingerprint density at radius 1 is 0.963 bits per heavy atom. The Kier molecular flexibility index (Phi) is 5.93. The van der Waals surface area contributed by atoms with Gasteiger partial charge in [-0.05, 0) is 30.3 Å². The molecule has 1 N–H and O–H groups in total. The summed E-state index contributed by atoms with van der Waals surface area (Å²) in [6.07, 6.45) is 0. The van der Waals surface area contributed by atoms with E-state index >= 15 is 0 Å². The van der Waals surface area contributed by atoms with Crippen molar-refractivity contribution in [1.82, 2.24) is 4.90 Å². The lowest BCUT2D eigenvalue weighted by molar-refractivity contribution is 0.0303. The number of morpholine rings is 1. The van der Waals surface area contributed by atoms with Gasteiger partial charge in [-0.3, -0.25) is 9.59 Å². The fourth-order valence-corrected chi connectivity index (χ4v) is 2.82. The molecule has 0 radical (unpaired) electrons. The second kappa shape index (κ2) is 8.55. The fraction of sp³-hybridized carbons (Fsp3) is 0.300. The molecule has 2 aromatic carbocycles. The van der Waals surface area contributed by atoms with Crippen LogP contribution in [0.2, 0.25) is 0 Å². The lowest BCUT2D eigenvalue weighted by Crippen LogP contribution is -2.40. The summed E-state index contributed by atoms with van der Waals surface area (Å²) in [5.74, 6) is 0.659. The Balaban J connectivity index is 1.76. The molecule has 0 aromatic heterocycles. The van der Waals surface area contributed by atoms with Gasteiger partial charge >= 0.3 is 0 Å². The summed E-state index contributed by atoms with van der Waals surface area (Å²) in [4.78, 5) is 26.9. The summed E-state index contributed by atoms with van der Waals surface area (Å²) >= 11 is 0. The number of amides is 2. The molecule has 142 valence electrons. The molecule has 1 aliphatic rings. The minimum atomic E-state index is -0.317. The number of carbonyl (C=O) groups excluding carboxylic acids is 2. The van der Waals surface area contributed by atoms with Crippen LogP contribution >= 0.6 is 0 Å². The molecule has 3 rings (SSSR count). The normalized spacial score (nSPS) is 13.8. The van der Waals surface area contributed by atoms with E-state index in [4.69, 9.17) is 14.2 Å². The SMILES string of the molecule is COc1cc(OC)cc(C(=O)Nc2cccc(C(=O)N3CCOCC3)c2)c1. The third-order valence-corrected chi connectivity index (χ3v) is 4.28. The molecule has 0 aliphatic carbocycles. The molecule has 1 saturated heterocycles. The minimum absolute atomic E-state index is 0.0718. The summed E-state index contributed by atoms with van der Waals surface area (Å²) in [7, 11) is 3.05. The van der Waals surface area contributed by atoms with Crippen LogP contribution in [0.15, 0.2) is 42.5 Å². The largest absolute Gasteiger partial charge is 0.497 e. The molecule has 0 bridgehead atoms. The van der Waals surface area contributed by atoms with Gasteiger partial charge in [0.25, 0.3) is 11.8 Å². The molecule has 7 heteroatoms. The maximum absolute atomic E-state index is 12.6. The highest BCUT2D eigenvalue weighted by Gasteiger charge is 2.19. The first-order valence-electron chi connectivity index (χ1n) is 8.62. The van der Waals surface area contributed by atoms with E-state index in [-0.39, 0.29) is 11.8 Å². The molecule has 1 heterocycles. The molecule has 0 unspecified atom stereocenters. The molecular weight excluding hydrogens is 348 g/mol. The van der Waals surface area contributed by atoms with Gasteiger partial charge in [0.05, 0.1) is 27.4 Å². The lowest BCUT2D eigenvalue weighted by atomic mass is 10.1. The Morgan fingerprint density at radius 2 is 1.63 bits per heavy atom. The summed E-state index contributed by atoms with van der Waals surface area (Å²) in [5, 5.41) is 2.81. The molecule has 0 spiro atoms. The van der Waals surface area contributed by atoms with E-state index in [9.17, 15) is 9.59 Å². The van der Waals surface area contributed by atoms with Gasteiger partial charge in [-0.1, -0.05) is 6.07 Å². The van der Waals surface area contributed by atoms with Gasteiger partial charge in [-0.25, -0.2) is 0 Å². The van der Waals surface area contributed by atoms with Crippen molar-refractivity contribution in [3.05, 3.63) is 53.6 Å². The van der Waals surface area contributed by atoms with Crippen LogP contribution < -0.4 is 14.8 Å². The van der Waals surface area contributed by atoms with Gasteiger partial charge in [0.15, 0.2) is 0 Å². The third kappa shape index (κ3) is 4.57. The summed E-state index contributed by atoms with van der Waals surface area (Å²) in [5.41, 5.74) is 1.47. The van der Waals surface area contributed by atoms with Crippen LogP contribution in [0.4, 0.5) is 5.69 Å². The Hall–Kier alpha value is -3.06. The van der Waals surface area contributed by atoms with E-state index in [2.05, 4.69) is 5.32 Å². The monoisotopic (exact) mass is 370 g/mol. The van der Waals surface area contributed by atoms with E-state index < -0.39 is 0 Å². The zero-order valence-electron chi connectivity index (χ0n) is 15.4. The second-order valence-electron chi connectivity index (χ2n) is 6.04. The van der Waals surface area contributed by atoms with E-state index in [0.717, 1.165) is 0 Å². The van der Waals surface area contributed by atoms with Crippen molar-refractivity contribution >= 4 is 17.5 Å². The Bertz CT molecular complexity index is 809. The summed E-state index contributed by atoms with van der Waals surface area (Å²) < 4.78 is 15.7. The first-order valence-corrected chi connectivity index (χ1v) is 8.62. The van der Waals surface area contributed by atoms with Crippen molar-refractivity contribution in [2.75, 3.05) is 45.8 Å². The van der Waals surface area contributed by atoms with Crippen LogP contribution in [0.1, 0.15) is 20.7 Å². The number of anilines is 1. The summed E-state index contributed by atoms with van der Waals surface area (Å²) in [6.45, 7) is 2.22. The van der Waals surface area contributed by atoms with Crippen molar-refractivity contribution in [2.45, 2.75) is 0 Å². The van der Waals surface area contributed by atoms with E-state index in [1.807, 2.05) is 0 Å². The number of carbonyl (C=O) groups is 2. The maximum Gasteiger partial charge on any atom is 0.255 e. The maximum atomic E-state index is 12.6. The predicted molar refractivity (Wildman–Crippen MR) is 101 cm³/mol. The molecule has 1 fully saturated rings. The molecule has 7 nitrogen and oxygen atoms in total. The van der Waals surface area contributed by atoms with E-state index in [0.29, 0.717) is 54.6 Å². The van der Waals surface area contributed by atoms with Crippen LogP contribution in [0.5, 0.6) is 11.5 Å². The topological polar surface area (TPSA) is 77.1 Å².